The summed E-state index contributed by atoms with van der Waals surface area (Å²) in [5, 5.41) is 16.9. The molecule has 0 unspecified atom stereocenters. The average molecular weight is 433 g/mol. The number of benzene rings is 1. The van der Waals surface area contributed by atoms with E-state index < -0.39 is 5.60 Å². The van der Waals surface area contributed by atoms with Crippen LogP contribution in [0.2, 0.25) is 5.02 Å². The first-order chi connectivity index (χ1) is 14.2. The summed E-state index contributed by atoms with van der Waals surface area (Å²) in [6.07, 6.45) is 9.88. The molecule has 4 nitrogen and oxygen atoms in total. The van der Waals surface area contributed by atoms with Gasteiger partial charge in [-0.15, -0.1) is 0 Å². The first kappa shape index (κ1) is 22.1. The molecule has 0 aliphatic heterocycles. The maximum absolute atomic E-state index is 13.0. The van der Waals surface area contributed by atoms with Crippen molar-refractivity contribution in [2.75, 3.05) is 19.6 Å². The van der Waals surface area contributed by atoms with Gasteiger partial charge in [-0.1, -0.05) is 23.7 Å². The van der Waals surface area contributed by atoms with Crippen LogP contribution in [0.25, 0.3) is 0 Å². The highest BCUT2D eigenvalue weighted by Crippen LogP contribution is 2.59. The van der Waals surface area contributed by atoms with Gasteiger partial charge in [-0.25, -0.2) is 0 Å². The first-order valence-corrected chi connectivity index (χ1v) is 12.1. The number of carbonyl (C=O) groups is 1. The lowest BCUT2D eigenvalue weighted by Gasteiger charge is -2.56. The molecule has 166 valence electrons. The molecule has 3 N–H and O–H groups in total. The maximum Gasteiger partial charge on any atom is 0.252 e. The normalized spacial score (nSPS) is 29.9. The summed E-state index contributed by atoms with van der Waals surface area (Å²) < 4.78 is 0. The molecule has 4 saturated carbocycles. The van der Waals surface area contributed by atoms with Crippen molar-refractivity contribution in [3.05, 3.63) is 34.3 Å². The number of hydrogen-bond donors (Lipinski definition) is 3. The summed E-state index contributed by atoms with van der Waals surface area (Å²) >= 11 is 6.62. The Labute approximate surface area is 186 Å². The van der Waals surface area contributed by atoms with Gasteiger partial charge < -0.3 is 15.7 Å². The molecule has 0 radical (unpaired) electrons. The molecule has 0 saturated heterocycles. The zero-order valence-electron chi connectivity index (χ0n) is 18.5. The number of carbonyl (C=O) groups excluding carboxylic acids is 1. The van der Waals surface area contributed by atoms with E-state index in [4.69, 9.17) is 11.6 Å². The van der Waals surface area contributed by atoms with Gasteiger partial charge in [0.05, 0.1) is 16.2 Å². The number of aliphatic hydroxyl groups is 1. The Morgan fingerprint density at radius 3 is 2.40 bits per heavy atom. The predicted molar refractivity (Wildman–Crippen MR) is 122 cm³/mol. The van der Waals surface area contributed by atoms with Gasteiger partial charge >= 0.3 is 0 Å². The minimum absolute atomic E-state index is 0.0299. The van der Waals surface area contributed by atoms with Crippen molar-refractivity contribution in [2.24, 2.45) is 23.2 Å². The highest BCUT2D eigenvalue weighted by Gasteiger charge is 2.50. The van der Waals surface area contributed by atoms with Crippen LogP contribution in [-0.4, -0.2) is 36.2 Å². The van der Waals surface area contributed by atoms with Crippen LogP contribution in [0.3, 0.4) is 0 Å². The second-order valence-corrected chi connectivity index (χ2v) is 11.3. The Kier molecular flexibility index (Phi) is 6.48. The third-order valence-corrected chi connectivity index (χ3v) is 7.92. The van der Waals surface area contributed by atoms with E-state index in [1.807, 2.05) is 18.2 Å². The summed E-state index contributed by atoms with van der Waals surface area (Å²) in [5.41, 5.74) is 1.25. The zero-order chi connectivity index (χ0) is 21.4. The van der Waals surface area contributed by atoms with Crippen LogP contribution in [-0.2, 0) is 6.42 Å². The molecule has 0 atom stereocenters. The van der Waals surface area contributed by atoms with Crippen molar-refractivity contribution in [1.29, 1.82) is 0 Å². The quantitative estimate of drug-likeness (QED) is 0.500. The number of halogens is 1. The van der Waals surface area contributed by atoms with E-state index in [2.05, 4.69) is 10.6 Å². The topological polar surface area (TPSA) is 61.4 Å². The summed E-state index contributed by atoms with van der Waals surface area (Å²) in [7, 11) is 0. The van der Waals surface area contributed by atoms with Gasteiger partial charge in [0.2, 0.25) is 0 Å². The van der Waals surface area contributed by atoms with Crippen molar-refractivity contribution in [1.82, 2.24) is 10.6 Å². The Morgan fingerprint density at radius 2 is 1.80 bits per heavy atom. The van der Waals surface area contributed by atoms with Crippen LogP contribution < -0.4 is 10.6 Å². The molecule has 1 aromatic carbocycles. The van der Waals surface area contributed by atoms with Crippen molar-refractivity contribution < 1.29 is 9.90 Å². The van der Waals surface area contributed by atoms with E-state index in [-0.39, 0.29) is 5.91 Å². The fraction of sp³-hybridized carbons (Fsp3) is 0.720. The van der Waals surface area contributed by atoms with Crippen LogP contribution in [0.4, 0.5) is 0 Å². The monoisotopic (exact) mass is 432 g/mol. The number of nitrogens with one attached hydrogen (secondary N) is 2. The summed E-state index contributed by atoms with van der Waals surface area (Å²) in [6.45, 7) is 5.76. The van der Waals surface area contributed by atoms with Crippen molar-refractivity contribution in [3.8, 4) is 0 Å². The molecule has 4 fully saturated rings. The van der Waals surface area contributed by atoms with Crippen molar-refractivity contribution in [3.63, 3.8) is 0 Å². The van der Waals surface area contributed by atoms with Crippen LogP contribution >= 0.6 is 11.6 Å². The van der Waals surface area contributed by atoms with E-state index in [1.165, 1.54) is 38.5 Å². The number of rotatable bonds is 9. The summed E-state index contributed by atoms with van der Waals surface area (Å²) in [5.74, 6) is 2.65. The van der Waals surface area contributed by atoms with Gasteiger partial charge in [0.25, 0.3) is 5.91 Å². The molecule has 0 heterocycles. The second-order valence-electron chi connectivity index (χ2n) is 11.0. The lowest BCUT2D eigenvalue weighted by atomic mass is 9.49. The van der Waals surface area contributed by atoms with Gasteiger partial charge in [-0.05, 0) is 107 Å². The predicted octanol–water partition coefficient (Wildman–Crippen LogP) is 4.58. The van der Waals surface area contributed by atoms with Crippen molar-refractivity contribution >= 4 is 17.5 Å². The van der Waals surface area contributed by atoms with Gasteiger partial charge in [0.1, 0.15) is 0 Å². The first-order valence-electron chi connectivity index (χ1n) is 11.7. The average Bonchev–Trinajstić information content (AvgIpc) is 2.65. The molecule has 4 aliphatic rings. The third-order valence-electron chi connectivity index (χ3n) is 7.47. The molecule has 0 spiro atoms. The summed E-state index contributed by atoms with van der Waals surface area (Å²) in [4.78, 5) is 13.0. The molecule has 4 bridgehead atoms. The van der Waals surface area contributed by atoms with Crippen LogP contribution in [0, 0.1) is 23.2 Å². The van der Waals surface area contributed by atoms with Gasteiger partial charge in [0.15, 0.2) is 0 Å². The van der Waals surface area contributed by atoms with E-state index in [0.29, 0.717) is 22.5 Å². The Hall–Kier alpha value is -1.10. The Morgan fingerprint density at radius 1 is 1.17 bits per heavy atom. The standard InChI is InChI=1S/C25H37ClN2O2/c1-24(2,30)15-27-8-4-6-20-5-3-7-21(22(20)26)23(29)28-16-25-12-17-9-18(13-25)11-19(10-17)14-25/h3,5,7,17-19,27,30H,4,6,8-16H2,1-2H3,(H,28,29). The van der Waals surface area contributed by atoms with Crippen LogP contribution in [0.1, 0.15) is 74.7 Å². The highest BCUT2D eigenvalue weighted by molar-refractivity contribution is 6.34. The fourth-order valence-electron chi connectivity index (χ4n) is 6.62. The molecule has 1 amide bonds. The molecular weight excluding hydrogens is 396 g/mol. The number of hydrogen-bond acceptors (Lipinski definition) is 3. The fourth-order valence-corrected chi connectivity index (χ4v) is 6.92. The lowest BCUT2D eigenvalue weighted by Crippen LogP contribution is -2.51. The molecule has 5 heteroatoms. The third kappa shape index (κ3) is 5.20. The minimum Gasteiger partial charge on any atom is -0.389 e. The largest absolute Gasteiger partial charge is 0.389 e. The second kappa shape index (κ2) is 8.80. The molecular formula is C25H37ClN2O2. The molecule has 5 rings (SSSR count). The SMILES string of the molecule is CC(C)(O)CNCCCc1cccc(C(=O)NCC23CC4CC(CC(C4)C2)C3)c1Cl. The summed E-state index contributed by atoms with van der Waals surface area (Å²) in [6, 6.07) is 5.78. The maximum atomic E-state index is 13.0. The van der Waals surface area contributed by atoms with E-state index in [1.54, 1.807) is 13.8 Å². The van der Waals surface area contributed by atoms with Gasteiger partial charge in [-0.3, -0.25) is 4.79 Å². The zero-order valence-corrected chi connectivity index (χ0v) is 19.2. The van der Waals surface area contributed by atoms with E-state index in [9.17, 15) is 9.90 Å². The van der Waals surface area contributed by atoms with Crippen LogP contribution in [0.5, 0.6) is 0 Å². The van der Waals surface area contributed by atoms with Crippen LogP contribution in [0.15, 0.2) is 18.2 Å². The lowest BCUT2D eigenvalue weighted by molar-refractivity contribution is -0.0503. The molecule has 30 heavy (non-hydrogen) atoms. The minimum atomic E-state index is -0.702. The number of aryl methyl sites for hydroxylation is 1. The molecule has 0 aromatic heterocycles. The Bertz CT molecular complexity index is 736. The molecule has 1 aromatic rings. The van der Waals surface area contributed by atoms with Gasteiger partial charge in [-0.2, -0.15) is 0 Å². The number of amides is 1. The van der Waals surface area contributed by atoms with Crippen molar-refractivity contribution in [2.45, 2.75) is 70.8 Å². The molecule has 4 aliphatic carbocycles. The van der Waals surface area contributed by atoms with E-state index >= 15 is 0 Å². The van der Waals surface area contributed by atoms with Gasteiger partial charge in [0, 0.05) is 13.1 Å². The Balaban J connectivity index is 1.30. The van der Waals surface area contributed by atoms with E-state index in [0.717, 1.165) is 49.2 Å². The smallest absolute Gasteiger partial charge is 0.252 e. The highest BCUT2D eigenvalue weighted by atomic mass is 35.5.